The second-order valence-electron chi connectivity index (χ2n) is 13.9. The van der Waals surface area contributed by atoms with Gasteiger partial charge in [-0.3, -0.25) is 34.3 Å². The van der Waals surface area contributed by atoms with Gasteiger partial charge >= 0.3 is 5.97 Å². The number of fused-ring (bicyclic) bond motifs is 2. The zero-order valence-corrected chi connectivity index (χ0v) is 35.8. The van der Waals surface area contributed by atoms with Gasteiger partial charge in [-0.05, 0) is 60.2 Å². The Kier molecular flexibility index (Phi) is 13.1. The summed E-state index contributed by atoms with van der Waals surface area (Å²) < 4.78 is 3.34. The van der Waals surface area contributed by atoms with Gasteiger partial charge in [0.1, 0.15) is 34.2 Å². The molecule has 3 aromatic rings. The van der Waals surface area contributed by atoms with Gasteiger partial charge < -0.3 is 26.0 Å². The maximum atomic E-state index is 13.8. The number of β-lactam (4-membered cyclic amide) rings is 2. The van der Waals surface area contributed by atoms with Crippen LogP contribution in [-0.4, -0.2) is 187 Å². The number of nitrogens with zero attached hydrogens (tertiary/aromatic N) is 13. The lowest BCUT2D eigenvalue weighted by atomic mass is 10.0. The number of tetrazole rings is 2. The molecule has 3 aromatic heterocycles. The van der Waals surface area contributed by atoms with E-state index in [0.29, 0.717) is 57.5 Å². The largest absolute Gasteiger partial charge is 0.477 e. The molecule has 0 bridgehead atoms. The molecule has 0 saturated carbocycles. The maximum Gasteiger partial charge on any atom is 0.352 e. The molecular formula is C31H40N16O6S5. The fourth-order valence-electron chi connectivity index (χ4n) is 6.27. The number of thiazole rings is 1. The van der Waals surface area contributed by atoms with Crippen LogP contribution in [0.15, 0.2) is 38.2 Å². The van der Waals surface area contributed by atoms with E-state index >= 15 is 0 Å². The average molecular weight is 893 g/mol. The molecule has 4 aliphatic rings. The first-order chi connectivity index (χ1) is 27.8. The van der Waals surface area contributed by atoms with Crippen LogP contribution in [0.1, 0.15) is 5.69 Å². The van der Waals surface area contributed by atoms with Gasteiger partial charge in [0.05, 0.1) is 25.2 Å². The molecule has 4 aliphatic heterocycles. The standard InChI is InChI=1S/C31H40N16O6S5/c1-42(2)5-7-44-30(36-38-40-44)57-12-15-10-54-26-19(32)24(50)46(26)21(15)23(49)35-29-33-17(14-56-29)9-18(48)34-20-25(51)47-22(28(52)53)16(11-55-27(20)47)13-58-31-37-39-41-45(31)8-6-43(3)4/h14,19-20,26-27H,5-13,32H2,1-4H3,(H,34,48)(H,52,53)(H,33,35,49). The lowest BCUT2D eigenvalue weighted by molar-refractivity contribution is -0.150. The summed E-state index contributed by atoms with van der Waals surface area (Å²) in [6, 6.07) is -1.63. The highest BCUT2D eigenvalue weighted by molar-refractivity contribution is 8.01. The number of nitrogens with two attached hydrogens (primary N) is 1. The van der Waals surface area contributed by atoms with Gasteiger partial charge in [-0.2, -0.15) is 0 Å². The Balaban J connectivity index is 0.957. The van der Waals surface area contributed by atoms with E-state index in [9.17, 15) is 29.1 Å². The number of hydrogen-bond acceptors (Lipinski definition) is 20. The van der Waals surface area contributed by atoms with E-state index < -0.39 is 41.1 Å². The van der Waals surface area contributed by atoms with Crippen molar-refractivity contribution in [3.8, 4) is 0 Å². The van der Waals surface area contributed by atoms with Crippen molar-refractivity contribution in [1.29, 1.82) is 0 Å². The van der Waals surface area contributed by atoms with Crippen molar-refractivity contribution < 1.29 is 29.1 Å². The van der Waals surface area contributed by atoms with Gasteiger partial charge in [-0.25, -0.2) is 19.1 Å². The van der Waals surface area contributed by atoms with E-state index in [4.69, 9.17) is 5.73 Å². The van der Waals surface area contributed by atoms with E-state index in [2.05, 4.69) is 46.7 Å². The van der Waals surface area contributed by atoms with Crippen LogP contribution in [0.5, 0.6) is 0 Å². The summed E-state index contributed by atoms with van der Waals surface area (Å²) in [5.74, 6) is -1.70. The minimum absolute atomic E-state index is 0.0964. The number of likely N-dealkylation sites (N-methyl/N-ethyl adjacent to an activating group) is 2. The van der Waals surface area contributed by atoms with Crippen LogP contribution in [0.4, 0.5) is 5.13 Å². The molecule has 310 valence electrons. The second-order valence-corrected chi connectivity index (χ2v) is 18.9. The summed E-state index contributed by atoms with van der Waals surface area (Å²) in [5.41, 5.74) is 7.80. The van der Waals surface area contributed by atoms with Crippen molar-refractivity contribution in [2.75, 3.05) is 69.6 Å². The molecule has 0 spiro atoms. The van der Waals surface area contributed by atoms with Gasteiger partial charge in [0.25, 0.3) is 11.8 Å². The third kappa shape index (κ3) is 8.89. The Morgan fingerprint density at radius 2 is 1.45 bits per heavy atom. The maximum absolute atomic E-state index is 13.8. The highest BCUT2D eigenvalue weighted by Crippen LogP contribution is 2.43. The van der Waals surface area contributed by atoms with Crippen LogP contribution in [0.3, 0.4) is 0 Å². The fourth-order valence-corrected chi connectivity index (χ4v) is 11.7. The molecule has 22 nitrogen and oxygen atoms in total. The van der Waals surface area contributed by atoms with Gasteiger partial charge in [0, 0.05) is 41.5 Å². The van der Waals surface area contributed by atoms with Gasteiger partial charge in [0.2, 0.25) is 22.1 Å². The van der Waals surface area contributed by atoms with Gasteiger partial charge in [-0.1, -0.05) is 23.5 Å². The van der Waals surface area contributed by atoms with Gasteiger partial charge in [-0.15, -0.1) is 45.1 Å². The zero-order chi connectivity index (χ0) is 41.2. The van der Waals surface area contributed by atoms with Crippen molar-refractivity contribution in [3.63, 3.8) is 0 Å². The number of thioether (sulfide) groups is 4. The third-order valence-electron chi connectivity index (χ3n) is 9.25. The van der Waals surface area contributed by atoms with Crippen LogP contribution in [0.2, 0.25) is 0 Å². The van der Waals surface area contributed by atoms with E-state index in [1.165, 1.54) is 56.8 Å². The summed E-state index contributed by atoms with van der Waals surface area (Å²) in [6.07, 6.45) is -0.190. The number of anilines is 1. The number of hydrogen-bond donors (Lipinski definition) is 4. The first-order valence-electron chi connectivity index (χ1n) is 17.8. The minimum Gasteiger partial charge on any atom is -0.477 e. The molecule has 7 rings (SSSR count). The Hall–Kier alpha value is -4.12. The number of carboxylic acid groups (broad SMARTS) is 1. The molecule has 58 heavy (non-hydrogen) atoms. The summed E-state index contributed by atoms with van der Waals surface area (Å²) in [6.45, 7) is 2.59. The highest BCUT2D eigenvalue weighted by Gasteiger charge is 2.54. The number of aliphatic carboxylic acids is 1. The number of carboxylic acids is 1. The topological polar surface area (TPSA) is 269 Å². The Bertz CT molecular complexity index is 2150. The summed E-state index contributed by atoms with van der Waals surface area (Å²) >= 11 is 6.62. The SMILES string of the molecule is CN(C)CCn1nnnc1SCC1=C(C(=O)Nc2nc(CC(=O)NC3C(=O)N4C(C(=O)O)=C(CSc5nnnn5CCN(C)C)CSC34)cs2)N2C(=O)C(N)C2SC1. The highest BCUT2D eigenvalue weighted by atomic mass is 32.2. The molecule has 5 N–H and O–H groups in total. The van der Waals surface area contributed by atoms with Crippen molar-refractivity contribution in [1.82, 2.24) is 70.3 Å². The van der Waals surface area contributed by atoms with E-state index in [-0.39, 0.29) is 40.0 Å². The predicted octanol–water partition coefficient (Wildman–Crippen LogP) is -1.46. The molecule has 4 unspecified atom stereocenters. The van der Waals surface area contributed by atoms with Crippen LogP contribution >= 0.6 is 58.4 Å². The average Bonchev–Trinajstić information content (AvgIpc) is 3.96. The zero-order valence-electron chi connectivity index (χ0n) is 31.7. The number of carbonyl (C=O) groups is 5. The molecule has 2 fully saturated rings. The first-order valence-corrected chi connectivity index (χ1v) is 22.7. The van der Waals surface area contributed by atoms with Gasteiger partial charge in [0.15, 0.2) is 5.13 Å². The van der Waals surface area contributed by atoms with Crippen molar-refractivity contribution >= 4 is 93.1 Å². The molecule has 0 radical (unpaired) electrons. The van der Waals surface area contributed by atoms with E-state index in [1.54, 1.807) is 14.7 Å². The van der Waals surface area contributed by atoms with Crippen molar-refractivity contribution in [3.05, 3.63) is 33.6 Å². The van der Waals surface area contributed by atoms with Crippen LogP contribution in [0, 0.1) is 0 Å². The Morgan fingerprint density at radius 1 is 0.879 bits per heavy atom. The lowest BCUT2D eigenvalue weighted by Gasteiger charge is -2.49. The molecule has 2 saturated heterocycles. The molecular weight excluding hydrogens is 853 g/mol. The van der Waals surface area contributed by atoms with Crippen LogP contribution in [0.25, 0.3) is 0 Å². The minimum atomic E-state index is -1.23. The first kappa shape index (κ1) is 42.0. The number of aromatic nitrogens is 9. The third-order valence-corrected chi connectivity index (χ3v) is 14.8. The summed E-state index contributed by atoms with van der Waals surface area (Å²) in [7, 11) is 7.78. The molecule has 0 aromatic carbocycles. The quantitative estimate of drug-likeness (QED) is 0.0840. The molecule has 4 amide bonds. The molecule has 0 aliphatic carbocycles. The van der Waals surface area contributed by atoms with E-state index in [1.807, 2.05) is 38.0 Å². The summed E-state index contributed by atoms with van der Waals surface area (Å²) in [5, 5.41) is 41.4. The molecule has 7 heterocycles. The number of rotatable bonds is 18. The smallest absolute Gasteiger partial charge is 0.352 e. The number of amides is 4. The van der Waals surface area contributed by atoms with Crippen LogP contribution < -0.4 is 16.4 Å². The predicted molar refractivity (Wildman–Crippen MR) is 216 cm³/mol. The Labute approximate surface area is 352 Å². The summed E-state index contributed by atoms with van der Waals surface area (Å²) in [4.78, 5) is 76.6. The van der Waals surface area contributed by atoms with Crippen LogP contribution in [-0.2, 0) is 43.5 Å². The second kappa shape index (κ2) is 18.0. The molecule has 27 heteroatoms. The Morgan fingerprint density at radius 3 is 2.03 bits per heavy atom. The monoisotopic (exact) mass is 892 g/mol. The van der Waals surface area contributed by atoms with E-state index in [0.717, 1.165) is 24.4 Å². The number of nitrogens with one attached hydrogen (secondary N) is 2. The van der Waals surface area contributed by atoms with Crippen molar-refractivity contribution in [2.24, 2.45) is 5.73 Å². The lowest BCUT2D eigenvalue weighted by Crippen LogP contribution is -2.70. The normalized spacial score (nSPS) is 21.6. The molecule has 4 atom stereocenters. The number of carbonyl (C=O) groups excluding carboxylic acids is 4. The van der Waals surface area contributed by atoms with Crippen molar-refractivity contribution in [2.45, 2.75) is 52.7 Å². The fraction of sp³-hybridized carbons (Fsp3) is 0.548.